The third kappa shape index (κ3) is 4.53. The zero-order valence-electron chi connectivity index (χ0n) is 17.1. The summed E-state index contributed by atoms with van der Waals surface area (Å²) in [6.07, 6.45) is 0. The molecule has 0 saturated heterocycles. The van der Waals surface area contributed by atoms with Crippen molar-refractivity contribution >= 4 is 23.2 Å². The van der Waals surface area contributed by atoms with Crippen molar-refractivity contribution in [3.63, 3.8) is 0 Å². The van der Waals surface area contributed by atoms with Crippen LogP contribution in [0.15, 0.2) is 84.9 Å². The van der Waals surface area contributed by atoms with Crippen LogP contribution in [0.1, 0.15) is 29.0 Å². The molecule has 0 fully saturated rings. The number of nitrogens with one attached hydrogen (secondary N) is 1. The lowest BCUT2D eigenvalue weighted by molar-refractivity contribution is -0.384. The molecule has 0 aliphatic rings. The van der Waals surface area contributed by atoms with Crippen molar-refractivity contribution in [2.45, 2.75) is 13.0 Å². The van der Waals surface area contributed by atoms with E-state index in [1.807, 2.05) is 37.3 Å². The molecule has 0 radical (unpaired) electrons. The first kappa shape index (κ1) is 21.3. The van der Waals surface area contributed by atoms with Crippen LogP contribution in [-0.4, -0.2) is 20.6 Å². The molecular weight excluding hydrogens is 428 g/mol. The van der Waals surface area contributed by atoms with Gasteiger partial charge >= 0.3 is 0 Å². The fraction of sp³-hybridized carbons (Fsp3) is 0.0833. The number of halogens is 1. The van der Waals surface area contributed by atoms with Crippen LogP contribution in [0.4, 0.5) is 5.69 Å². The molecule has 32 heavy (non-hydrogen) atoms. The van der Waals surface area contributed by atoms with E-state index in [-0.39, 0.29) is 17.6 Å². The molecule has 1 heterocycles. The highest BCUT2D eigenvalue weighted by molar-refractivity contribution is 6.30. The summed E-state index contributed by atoms with van der Waals surface area (Å²) in [4.78, 5) is 23.7. The van der Waals surface area contributed by atoms with Gasteiger partial charge in [-0.05, 0) is 55.0 Å². The van der Waals surface area contributed by atoms with E-state index in [9.17, 15) is 14.9 Å². The van der Waals surface area contributed by atoms with Crippen LogP contribution in [0, 0.1) is 10.1 Å². The number of nitrogens with zero attached hydrogens (tertiary/aromatic N) is 3. The molecule has 1 unspecified atom stereocenters. The van der Waals surface area contributed by atoms with Gasteiger partial charge < -0.3 is 5.32 Å². The SMILES string of the molecule is CC(NC(=O)c1cc(-c2ccc([N+](=O)[O-])cc2)nn1-c1ccc(Cl)cc1)c1ccccc1. The first-order valence-electron chi connectivity index (χ1n) is 9.89. The molecule has 0 aliphatic carbocycles. The van der Waals surface area contributed by atoms with Crippen LogP contribution in [0.2, 0.25) is 5.02 Å². The largest absolute Gasteiger partial charge is 0.344 e. The van der Waals surface area contributed by atoms with Crippen LogP contribution < -0.4 is 5.32 Å². The number of nitro groups is 1. The molecule has 160 valence electrons. The van der Waals surface area contributed by atoms with Gasteiger partial charge in [0.1, 0.15) is 5.69 Å². The van der Waals surface area contributed by atoms with Gasteiger partial charge in [0, 0.05) is 22.7 Å². The van der Waals surface area contributed by atoms with Gasteiger partial charge in [-0.25, -0.2) is 4.68 Å². The molecule has 8 heteroatoms. The highest BCUT2D eigenvalue weighted by atomic mass is 35.5. The average Bonchev–Trinajstić information content (AvgIpc) is 3.26. The number of non-ortho nitro benzene ring substituents is 1. The molecule has 0 saturated carbocycles. The van der Waals surface area contributed by atoms with Crippen molar-refractivity contribution in [3.05, 3.63) is 111 Å². The van der Waals surface area contributed by atoms with E-state index in [0.29, 0.717) is 27.7 Å². The lowest BCUT2D eigenvalue weighted by Crippen LogP contribution is -2.28. The Balaban J connectivity index is 1.71. The molecule has 4 aromatic rings. The van der Waals surface area contributed by atoms with E-state index < -0.39 is 4.92 Å². The van der Waals surface area contributed by atoms with Crippen molar-refractivity contribution < 1.29 is 9.72 Å². The van der Waals surface area contributed by atoms with E-state index >= 15 is 0 Å². The number of benzene rings is 3. The van der Waals surface area contributed by atoms with Crippen LogP contribution >= 0.6 is 11.6 Å². The normalized spacial score (nSPS) is 11.7. The van der Waals surface area contributed by atoms with E-state index in [4.69, 9.17) is 11.6 Å². The molecule has 7 nitrogen and oxygen atoms in total. The summed E-state index contributed by atoms with van der Waals surface area (Å²) in [7, 11) is 0. The molecule has 0 spiro atoms. The van der Waals surface area contributed by atoms with E-state index in [1.165, 1.54) is 12.1 Å². The maximum Gasteiger partial charge on any atom is 0.270 e. The number of rotatable bonds is 6. The van der Waals surface area contributed by atoms with Crippen molar-refractivity contribution in [3.8, 4) is 16.9 Å². The van der Waals surface area contributed by atoms with Crippen LogP contribution in [0.3, 0.4) is 0 Å². The quantitative estimate of drug-likeness (QED) is 0.308. The van der Waals surface area contributed by atoms with E-state index in [2.05, 4.69) is 10.4 Å². The third-order valence-electron chi connectivity index (χ3n) is 5.03. The molecule has 0 aliphatic heterocycles. The highest BCUT2D eigenvalue weighted by Crippen LogP contribution is 2.25. The Morgan fingerprint density at radius 2 is 1.69 bits per heavy atom. The summed E-state index contributed by atoms with van der Waals surface area (Å²) in [5, 5.41) is 19.1. The molecular formula is C24H19ClN4O3. The molecule has 1 amide bonds. The number of carbonyl (C=O) groups is 1. The van der Waals surface area contributed by atoms with Crippen molar-refractivity contribution in [2.24, 2.45) is 0 Å². The van der Waals surface area contributed by atoms with Gasteiger partial charge in [0.15, 0.2) is 0 Å². The number of nitro benzene ring substituents is 1. The lowest BCUT2D eigenvalue weighted by atomic mass is 10.1. The van der Waals surface area contributed by atoms with Gasteiger partial charge in [-0.2, -0.15) is 5.10 Å². The molecule has 3 aromatic carbocycles. The summed E-state index contributed by atoms with van der Waals surface area (Å²) in [6, 6.07) is 24.1. The topological polar surface area (TPSA) is 90.1 Å². The van der Waals surface area contributed by atoms with Crippen molar-refractivity contribution in [2.75, 3.05) is 0 Å². The Bertz CT molecular complexity index is 1250. The maximum absolute atomic E-state index is 13.2. The first-order chi connectivity index (χ1) is 15.4. The zero-order chi connectivity index (χ0) is 22.7. The second-order valence-corrected chi connectivity index (χ2v) is 7.65. The number of hydrogen-bond acceptors (Lipinski definition) is 4. The fourth-order valence-corrected chi connectivity index (χ4v) is 3.44. The van der Waals surface area contributed by atoms with Gasteiger partial charge in [0.05, 0.1) is 22.3 Å². The standard InChI is InChI=1S/C24H19ClN4O3/c1-16(17-5-3-2-4-6-17)26-24(30)23-15-22(18-7-11-21(12-8-18)29(31)32)27-28(23)20-13-9-19(25)10-14-20/h2-16H,1H3,(H,26,30). The minimum Gasteiger partial charge on any atom is -0.344 e. The smallest absolute Gasteiger partial charge is 0.270 e. The second kappa shape index (κ2) is 9.03. The lowest BCUT2D eigenvalue weighted by Gasteiger charge is -2.15. The van der Waals surface area contributed by atoms with Gasteiger partial charge in [-0.15, -0.1) is 0 Å². The predicted octanol–water partition coefficient (Wildman–Crippen LogP) is 5.59. The second-order valence-electron chi connectivity index (χ2n) is 7.21. The Labute approximate surface area is 189 Å². The van der Waals surface area contributed by atoms with E-state index in [0.717, 1.165) is 5.56 Å². The van der Waals surface area contributed by atoms with E-state index in [1.54, 1.807) is 47.1 Å². The Morgan fingerprint density at radius 1 is 1.03 bits per heavy atom. The molecule has 0 bridgehead atoms. The highest BCUT2D eigenvalue weighted by Gasteiger charge is 2.20. The van der Waals surface area contributed by atoms with Gasteiger partial charge in [0.2, 0.25) is 0 Å². The minimum absolute atomic E-state index is 0.0134. The predicted molar refractivity (Wildman–Crippen MR) is 123 cm³/mol. The molecule has 1 N–H and O–H groups in total. The van der Waals surface area contributed by atoms with Crippen molar-refractivity contribution in [1.29, 1.82) is 0 Å². The van der Waals surface area contributed by atoms with Crippen LogP contribution in [0.25, 0.3) is 16.9 Å². The van der Waals surface area contributed by atoms with Crippen LogP contribution in [-0.2, 0) is 0 Å². The van der Waals surface area contributed by atoms with Crippen LogP contribution in [0.5, 0.6) is 0 Å². The third-order valence-corrected chi connectivity index (χ3v) is 5.29. The van der Waals surface area contributed by atoms with Gasteiger partial charge in [0.25, 0.3) is 11.6 Å². The number of hydrogen-bond donors (Lipinski definition) is 1. The zero-order valence-corrected chi connectivity index (χ0v) is 17.9. The molecule has 4 rings (SSSR count). The fourth-order valence-electron chi connectivity index (χ4n) is 3.31. The Morgan fingerprint density at radius 3 is 2.31 bits per heavy atom. The summed E-state index contributed by atoms with van der Waals surface area (Å²) < 4.78 is 1.54. The number of amides is 1. The maximum atomic E-state index is 13.2. The van der Waals surface area contributed by atoms with Gasteiger partial charge in [-0.3, -0.25) is 14.9 Å². The average molecular weight is 447 g/mol. The van der Waals surface area contributed by atoms with Gasteiger partial charge in [-0.1, -0.05) is 41.9 Å². The number of carbonyl (C=O) groups excluding carboxylic acids is 1. The number of aromatic nitrogens is 2. The Hall–Kier alpha value is -3.97. The summed E-state index contributed by atoms with van der Waals surface area (Å²) in [6.45, 7) is 1.91. The minimum atomic E-state index is -0.458. The molecule has 1 atom stereocenters. The summed E-state index contributed by atoms with van der Waals surface area (Å²) in [5.41, 5.74) is 3.15. The first-order valence-corrected chi connectivity index (χ1v) is 10.3. The monoisotopic (exact) mass is 446 g/mol. The molecule has 1 aromatic heterocycles. The Kier molecular flexibility index (Phi) is 6.00. The summed E-state index contributed by atoms with van der Waals surface area (Å²) in [5.74, 6) is -0.294. The summed E-state index contributed by atoms with van der Waals surface area (Å²) >= 11 is 6.02. The van der Waals surface area contributed by atoms with Crippen molar-refractivity contribution in [1.82, 2.24) is 15.1 Å².